The van der Waals surface area contributed by atoms with E-state index < -0.39 is 0 Å². The summed E-state index contributed by atoms with van der Waals surface area (Å²) < 4.78 is 5.17. The first kappa shape index (κ1) is 12.5. The van der Waals surface area contributed by atoms with Gasteiger partial charge < -0.3 is 4.74 Å². The number of rotatable bonds is 3. The van der Waals surface area contributed by atoms with Crippen LogP contribution in [-0.4, -0.2) is 7.11 Å². The monoisotopic (exact) mass is 257 g/mol. The molecule has 0 fully saturated rings. The predicted octanol–water partition coefficient (Wildman–Crippen LogP) is 4.00. The molecule has 0 amide bonds. The first-order valence-electron chi connectivity index (χ1n) is 5.54. The molecular weight excluding hydrogens is 246 g/mol. The molecular formula is C15H12ClNO. The van der Waals surface area contributed by atoms with Crippen LogP contribution in [0.5, 0.6) is 5.75 Å². The van der Waals surface area contributed by atoms with E-state index in [0.717, 1.165) is 11.1 Å². The lowest BCUT2D eigenvalue weighted by atomic mass is 9.92. The quantitative estimate of drug-likeness (QED) is 0.833. The fourth-order valence-corrected chi connectivity index (χ4v) is 2.07. The summed E-state index contributed by atoms with van der Waals surface area (Å²) in [5.74, 6) is 0.319. The minimum absolute atomic E-state index is 0.381. The minimum atomic E-state index is -0.381. The van der Waals surface area contributed by atoms with Crippen molar-refractivity contribution in [2.24, 2.45) is 0 Å². The topological polar surface area (TPSA) is 33.0 Å². The number of benzene rings is 2. The molecule has 2 aromatic rings. The largest absolute Gasteiger partial charge is 0.497 e. The third-order valence-electron chi connectivity index (χ3n) is 2.78. The summed E-state index contributed by atoms with van der Waals surface area (Å²) >= 11 is 6.17. The normalized spacial score (nSPS) is 11.6. The van der Waals surface area contributed by atoms with E-state index in [1.807, 2.05) is 36.4 Å². The second-order valence-electron chi connectivity index (χ2n) is 3.86. The van der Waals surface area contributed by atoms with Crippen molar-refractivity contribution < 1.29 is 4.74 Å². The number of methoxy groups -OCH3 is 1. The number of nitrogens with zero attached hydrogens (tertiary/aromatic N) is 1. The molecule has 3 heteroatoms. The highest BCUT2D eigenvalue weighted by atomic mass is 35.5. The molecule has 0 aliphatic heterocycles. The molecule has 0 heterocycles. The van der Waals surface area contributed by atoms with Gasteiger partial charge in [0.05, 0.1) is 19.1 Å². The van der Waals surface area contributed by atoms with Crippen molar-refractivity contribution in [1.82, 2.24) is 0 Å². The number of nitriles is 1. The maximum atomic E-state index is 9.37. The van der Waals surface area contributed by atoms with Gasteiger partial charge in [0.25, 0.3) is 0 Å². The van der Waals surface area contributed by atoms with Gasteiger partial charge in [-0.15, -0.1) is 0 Å². The van der Waals surface area contributed by atoms with E-state index in [0.29, 0.717) is 10.8 Å². The van der Waals surface area contributed by atoms with Crippen LogP contribution in [0, 0.1) is 11.3 Å². The second kappa shape index (κ2) is 5.57. The molecule has 2 rings (SSSR count). The standard InChI is InChI=1S/C15H12ClNO/c1-18-12-7-8-15(16)13(9-12)14(10-17)11-5-3-2-4-6-11/h2-9,14H,1H3. The zero-order valence-corrected chi connectivity index (χ0v) is 10.7. The Morgan fingerprint density at radius 2 is 1.89 bits per heavy atom. The fourth-order valence-electron chi connectivity index (χ4n) is 1.84. The smallest absolute Gasteiger partial charge is 0.119 e. The summed E-state index contributed by atoms with van der Waals surface area (Å²) in [5.41, 5.74) is 1.69. The highest BCUT2D eigenvalue weighted by Gasteiger charge is 2.17. The van der Waals surface area contributed by atoms with Gasteiger partial charge in [0.2, 0.25) is 0 Å². The van der Waals surface area contributed by atoms with Crippen molar-refractivity contribution >= 4 is 11.6 Å². The summed E-state index contributed by atoms with van der Waals surface area (Å²) in [6, 6.07) is 17.2. The summed E-state index contributed by atoms with van der Waals surface area (Å²) in [4.78, 5) is 0. The van der Waals surface area contributed by atoms with Crippen LogP contribution in [-0.2, 0) is 0 Å². The van der Waals surface area contributed by atoms with Crippen molar-refractivity contribution in [3.05, 3.63) is 64.7 Å². The van der Waals surface area contributed by atoms with Crippen molar-refractivity contribution in [3.63, 3.8) is 0 Å². The van der Waals surface area contributed by atoms with Crippen LogP contribution in [0.25, 0.3) is 0 Å². The summed E-state index contributed by atoms with van der Waals surface area (Å²) in [6.45, 7) is 0. The van der Waals surface area contributed by atoms with Crippen molar-refractivity contribution in [2.75, 3.05) is 7.11 Å². The van der Waals surface area contributed by atoms with E-state index in [1.54, 1.807) is 19.2 Å². The van der Waals surface area contributed by atoms with Crippen LogP contribution in [0.3, 0.4) is 0 Å². The molecule has 0 aromatic heterocycles. The molecule has 2 nitrogen and oxygen atoms in total. The first-order chi connectivity index (χ1) is 8.76. The van der Waals surface area contributed by atoms with Crippen LogP contribution in [0.1, 0.15) is 17.0 Å². The lowest BCUT2D eigenvalue weighted by molar-refractivity contribution is 0.414. The number of ether oxygens (including phenoxy) is 1. The van der Waals surface area contributed by atoms with Crippen LogP contribution >= 0.6 is 11.6 Å². The summed E-state index contributed by atoms with van der Waals surface area (Å²) in [7, 11) is 1.59. The third-order valence-corrected chi connectivity index (χ3v) is 3.12. The lowest BCUT2D eigenvalue weighted by Gasteiger charge is -2.13. The Balaban J connectivity index is 2.49. The van der Waals surface area contributed by atoms with E-state index >= 15 is 0 Å². The molecule has 0 aliphatic carbocycles. The average molecular weight is 258 g/mol. The van der Waals surface area contributed by atoms with Crippen molar-refractivity contribution in [2.45, 2.75) is 5.92 Å². The van der Waals surface area contributed by atoms with Crippen molar-refractivity contribution in [3.8, 4) is 11.8 Å². The van der Waals surface area contributed by atoms with E-state index in [-0.39, 0.29) is 5.92 Å². The van der Waals surface area contributed by atoms with E-state index in [1.165, 1.54) is 0 Å². The highest BCUT2D eigenvalue weighted by Crippen LogP contribution is 2.32. The molecule has 90 valence electrons. The van der Waals surface area contributed by atoms with E-state index in [9.17, 15) is 5.26 Å². The third kappa shape index (κ3) is 2.47. The van der Waals surface area contributed by atoms with Gasteiger partial charge in [-0.1, -0.05) is 41.9 Å². The van der Waals surface area contributed by atoms with Crippen LogP contribution in [0.15, 0.2) is 48.5 Å². The molecule has 2 aromatic carbocycles. The predicted molar refractivity (Wildman–Crippen MR) is 71.9 cm³/mol. The highest BCUT2D eigenvalue weighted by molar-refractivity contribution is 6.31. The summed E-state index contributed by atoms with van der Waals surface area (Å²) in [5, 5.41) is 9.95. The maximum absolute atomic E-state index is 9.37. The summed E-state index contributed by atoms with van der Waals surface area (Å²) in [6.07, 6.45) is 0. The van der Waals surface area contributed by atoms with Gasteiger partial charge in [0, 0.05) is 5.02 Å². The molecule has 0 radical (unpaired) electrons. The second-order valence-corrected chi connectivity index (χ2v) is 4.27. The Labute approximate surface area is 111 Å². The molecule has 1 atom stereocenters. The number of halogens is 1. The minimum Gasteiger partial charge on any atom is -0.497 e. The molecule has 1 unspecified atom stereocenters. The number of hydrogen-bond acceptors (Lipinski definition) is 2. The molecule has 0 N–H and O–H groups in total. The van der Waals surface area contributed by atoms with Crippen LogP contribution in [0.4, 0.5) is 0 Å². The molecule has 0 spiro atoms. The van der Waals surface area contributed by atoms with Crippen molar-refractivity contribution in [1.29, 1.82) is 5.26 Å². The molecule has 0 saturated heterocycles. The van der Waals surface area contributed by atoms with Gasteiger partial charge in [-0.2, -0.15) is 5.26 Å². The average Bonchev–Trinajstić information content (AvgIpc) is 2.43. The van der Waals surface area contributed by atoms with Gasteiger partial charge in [-0.05, 0) is 29.3 Å². The van der Waals surface area contributed by atoms with Gasteiger partial charge in [-0.3, -0.25) is 0 Å². The molecule has 0 aliphatic rings. The maximum Gasteiger partial charge on any atom is 0.119 e. The Hall–Kier alpha value is -1.98. The lowest BCUT2D eigenvalue weighted by Crippen LogP contribution is -1.99. The Morgan fingerprint density at radius 3 is 2.50 bits per heavy atom. The molecule has 0 saturated carbocycles. The molecule has 18 heavy (non-hydrogen) atoms. The number of hydrogen-bond donors (Lipinski definition) is 0. The zero-order chi connectivity index (χ0) is 13.0. The SMILES string of the molecule is COc1ccc(Cl)c(C(C#N)c2ccccc2)c1. The van der Waals surface area contributed by atoms with Gasteiger partial charge >= 0.3 is 0 Å². The molecule has 0 bridgehead atoms. The fraction of sp³-hybridized carbons (Fsp3) is 0.133. The van der Waals surface area contributed by atoms with E-state index in [4.69, 9.17) is 16.3 Å². The zero-order valence-electron chi connectivity index (χ0n) is 9.93. The Kier molecular flexibility index (Phi) is 3.86. The Morgan fingerprint density at radius 1 is 1.17 bits per heavy atom. The van der Waals surface area contributed by atoms with Gasteiger partial charge in [-0.25, -0.2) is 0 Å². The first-order valence-corrected chi connectivity index (χ1v) is 5.92. The van der Waals surface area contributed by atoms with Crippen LogP contribution < -0.4 is 4.74 Å². The van der Waals surface area contributed by atoms with Gasteiger partial charge in [0.1, 0.15) is 5.75 Å². The Bertz CT molecular complexity index is 575. The van der Waals surface area contributed by atoms with E-state index in [2.05, 4.69) is 6.07 Å². The van der Waals surface area contributed by atoms with Crippen LogP contribution in [0.2, 0.25) is 5.02 Å². The van der Waals surface area contributed by atoms with Gasteiger partial charge in [0.15, 0.2) is 0 Å².